The number of urea groups is 1. The summed E-state index contributed by atoms with van der Waals surface area (Å²) < 4.78 is 7.43. The maximum atomic E-state index is 13.7. The lowest BCUT2D eigenvalue weighted by atomic mass is 9.92. The Morgan fingerprint density at radius 2 is 0.965 bits per heavy atom. The van der Waals surface area contributed by atoms with Gasteiger partial charge in [0.15, 0.2) is 5.72 Å². The van der Waals surface area contributed by atoms with Crippen LogP contribution in [0.2, 0.25) is 0 Å². The first-order chi connectivity index (χ1) is 27.6. The Hall–Kier alpha value is -4.52. The zero-order chi connectivity index (χ0) is 40.3. The van der Waals surface area contributed by atoms with Crippen LogP contribution in [0.3, 0.4) is 0 Å². The number of anilines is 2. The van der Waals surface area contributed by atoms with E-state index in [2.05, 4.69) is 82.8 Å². The van der Waals surface area contributed by atoms with Crippen LogP contribution in [0.25, 0.3) is 22.6 Å². The van der Waals surface area contributed by atoms with E-state index in [0.717, 1.165) is 58.3 Å². The molecule has 0 saturated carbocycles. The first-order valence-electron chi connectivity index (χ1n) is 18.4. The largest absolute Gasteiger partial charge is 0.365 e. The molecule has 1 aliphatic rings. The van der Waals surface area contributed by atoms with Gasteiger partial charge in [-0.25, -0.2) is 9.59 Å². The van der Waals surface area contributed by atoms with Gasteiger partial charge < -0.3 is 5.11 Å². The molecule has 2 amide bonds. The van der Waals surface area contributed by atoms with Crippen LogP contribution in [0.5, 0.6) is 0 Å². The summed E-state index contributed by atoms with van der Waals surface area (Å²) in [5.41, 5.74) is 5.14. The number of imidazole rings is 1. The second kappa shape index (κ2) is 17.5. The summed E-state index contributed by atoms with van der Waals surface area (Å²) in [6, 6.07) is 49.5. The van der Waals surface area contributed by atoms with Crippen LogP contribution in [0.15, 0.2) is 180 Å². The SMILES string of the molecule is CCC1N(c2ccc(Br)cc2)C(=O)N(c2ccc(Br)cc2)C1(O)c1ccccc1.CCc1c(-c2ccccc2)n(-c2ccc(Br)cc2)c(=O)n1-c1ccc(Br)cc1. The minimum Gasteiger partial charge on any atom is -0.365 e. The van der Waals surface area contributed by atoms with Crippen LogP contribution < -0.4 is 15.5 Å². The number of carbonyl (C=O) groups excluding carboxylic acids is 1. The molecule has 1 aromatic heterocycles. The van der Waals surface area contributed by atoms with Crippen LogP contribution in [-0.2, 0) is 12.1 Å². The summed E-state index contributed by atoms with van der Waals surface area (Å²) in [6.45, 7) is 4.07. The second-order valence-corrected chi connectivity index (χ2v) is 17.0. The second-order valence-electron chi connectivity index (χ2n) is 13.4. The molecule has 1 N–H and O–H groups in total. The fraction of sp³-hybridized carbons (Fsp3) is 0.130. The fourth-order valence-corrected chi connectivity index (χ4v) is 8.48. The number of carbonyl (C=O) groups is 1. The molecule has 0 aliphatic carbocycles. The number of nitrogens with zero attached hydrogens (tertiary/aromatic N) is 4. The number of hydrogen-bond acceptors (Lipinski definition) is 3. The third-order valence-corrected chi connectivity index (χ3v) is 12.1. The van der Waals surface area contributed by atoms with Gasteiger partial charge in [0, 0.05) is 40.4 Å². The molecule has 57 heavy (non-hydrogen) atoms. The minimum absolute atomic E-state index is 0.0691. The Bertz CT molecular complexity index is 2530. The van der Waals surface area contributed by atoms with Gasteiger partial charge in [-0.05, 0) is 110 Å². The molecule has 6 aromatic carbocycles. The summed E-state index contributed by atoms with van der Waals surface area (Å²) in [5, 5.41) is 12.1. The quantitative estimate of drug-likeness (QED) is 0.165. The molecular weight excluding hydrogens is 976 g/mol. The van der Waals surface area contributed by atoms with Crippen molar-refractivity contribution in [2.75, 3.05) is 9.80 Å². The molecule has 11 heteroatoms. The van der Waals surface area contributed by atoms with E-state index in [1.165, 1.54) is 4.90 Å². The van der Waals surface area contributed by atoms with E-state index in [0.29, 0.717) is 17.7 Å². The van der Waals surface area contributed by atoms with Gasteiger partial charge in [0.05, 0.1) is 28.8 Å². The summed E-state index contributed by atoms with van der Waals surface area (Å²) in [7, 11) is 0. The number of aromatic nitrogens is 2. The predicted molar refractivity (Wildman–Crippen MR) is 245 cm³/mol. The average molecular weight is 1010 g/mol. The molecule has 1 aliphatic heterocycles. The summed E-state index contributed by atoms with van der Waals surface area (Å²) >= 11 is 13.8. The molecule has 2 atom stereocenters. The molecule has 0 spiro atoms. The van der Waals surface area contributed by atoms with E-state index in [-0.39, 0.29) is 11.7 Å². The van der Waals surface area contributed by atoms with Gasteiger partial charge in [-0.3, -0.25) is 18.9 Å². The van der Waals surface area contributed by atoms with Crippen LogP contribution in [0.4, 0.5) is 16.2 Å². The molecule has 0 bridgehead atoms. The highest BCUT2D eigenvalue weighted by Gasteiger charge is 2.57. The van der Waals surface area contributed by atoms with Crippen LogP contribution in [0, 0.1) is 0 Å². The van der Waals surface area contributed by atoms with Crippen molar-refractivity contribution in [2.24, 2.45) is 0 Å². The van der Waals surface area contributed by atoms with Gasteiger partial charge in [0.1, 0.15) is 0 Å². The normalized spacial score (nSPS) is 16.4. The summed E-state index contributed by atoms with van der Waals surface area (Å²) in [6.07, 6.45) is 1.32. The number of rotatable bonds is 8. The van der Waals surface area contributed by atoms with Gasteiger partial charge in [0.25, 0.3) is 0 Å². The zero-order valence-corrected chi connectivity index (χ0v) is 37.4. The Kier molecular flexibility index (Phi) is 12.5. The molecule has 2 heterocycles. The number of halogens is 4. The van der Waals surface area contributed by atoms with Crippen molar-refractivity contribution in [3.05, 3.63) is 197 Å². The Morgan fingerprint density at radius 1 is 0.544 bits per heavy atom. The van der Waals surface area contributed by atoms with E-state index in [1.54, 1.807) is 4.90 Å². The lowest BCUT2D eigenvalue weighted by molar-refractivity contribution is 0.0307. The smallest absolute Gasteiger partial charge is 0.338 e. The van der Waals surface area contributed by atoms with Crippen molar-refractivity contribution in [2.45, 2.75) is 38.5 Å². The van der Waals surface area contributed by atoms with Crippen molar-refractivity contribution in [3.8, 4) is 22.6 Å². The molecule has 2 unspecified atom stereocenters. The highest BCUT2D eigenvalue weighted by molar-refractivity contribution is 9.11. The minimum atomic E-state index is -1.51. The molecule has 1 saturated heterocycles. The lowest BCUT2D eigenvalue weighted by Crippen LogP contribution is -2.49. The Morgan fingerprint density at radius 3 is 1.42 bits per heavy atom. The monoisotopic (exact) mass is 1010 g/mol. The van der Waals surface area contributed by atoms with Gasteiger partial charge in [-0.15, -0.1) is 0 Å². The lowest BCUT2D eigenvalue weighted by Gasteiger charge is -2.37. The number of amides is 2. The maximum Gasteiger partial charge on any atom is 0.338 e. The predicted octanol–water partition coefficient (Wildman–Crippen LogP) is 12.7. The molecular formula is C46H38Br4N4O3. The van der Waals surface area contributed by atoms with Gasteiger partial charge >= 0.3 is 11.7 Å². The van der Waals surface area contributed by atoms with Crippen LogP contribution in [0.1, 0.15) is 31.5 Å². The third kappa shape index (κ3) is 8.00. The van der Waals surface area contributed by atoms with E-state index < -0.39 is 11.8 Å². The van der Waals surface area contributed by atoms with Gasteiger partial charge in [-0.1, -0.05) is 138 Å². The van der Waals surface area contributed by atoms with Gasteiger partial charge in [-0.2, -0.15) is 0 Å². The topological polar surface area (TPSA) is 70.7 Å². The maximum absolute atomic E-state index is 13.7. The molecule has 0 radical (unpaired) electrons. The first-order valence-corrected chi connectivity index (χ1v) is 21.6. The third-order valence-electron chi connectivity index (χ3n) is 9.99. The Balaban J connectivity index is 0.000000174. The molecule has 1 fully saturated rings. The van der Waals surface area contributed by atoms with E-state index in [1.807, 2.05) is 162 Å². The molecule has 288 valence electrons. The van der Waals surface area contributed by atoms with E-state index in [9.17, 15) is 14.7 Å². The highest BCUT2D eigenvalue weighted by atomic mass is 79.9. The summed E-state index contributed by atoms with van der Waals surface area (Å²) in [4.78, 5) is 30.5. The van der Waals surface area contributed by atoms with Crippen LogP contribution >= 0.6 is 63.7 Å². The van der Waals surface area contributed by atoms with Crippen molar-refractivity contribution in [3.63, 3.8) is 0 Å². The zero-order valence-electron chi connectivity index (χ0n) is 31.1. The Labute approximate surface area is 365 Å². The van der Waals surface area contributed by atoms with Crippen molar-refractivity contribution in [1.82, 2.24) is 9.13 Å². The molecule has 7 nitrogen and oxygen atoms in total. The van der Waals surface area contributed by atoms with E-state index >= 15 is 0 Å². The first kappa shape index (κ1) is 40.7. The van der Waals surface area contributed by atoms with Crippen molar-refractivity contribution in [1.29, 1.82) is 0 Å². The fourth-order valence-electron chi connectivity index (χ4n) is 7.43. The molecule has 8 rings (SSSR count). The van der Waals surface area contributed by atoms with Gasteiger partial charge in [0.2, 0.25) is 0 Å². The van der Waals surface area contributed by atoms with E-state index in [4.69, 9.17) is 0 Å². The number of hydrogen-bond donors (Lipinski definition) is 1. The number of benzene rings is 6. The standard InChI is InChI=1S/C23H20Br2N2O2.C23H18Br2N2O/c1-2-21-23(29,16-6-4-3-5-7-16)27(20-14-10-18(25)11-15-20)22(28)26(21)19-12-8-17(24)9-13-19;1-2-21-22(16-6-4-3-5-7-16)27(20-14-10-18(25)11-15-20)23(28)26(21)19-12-8-17(24)9-13-19/h3-15,21,29H,2H2,1H3;3-15H,2H2,1H3. The van der Waals surface area contributed by atoms with Crippen molar-refractivity contribution >= 4 is 81.1 Å². The summed E-state index contributed by atoms with van der Waals surface area (Å²) in [5.74, 6) is 0. The molecule has 7 aromatic rings. The highest BCUT2D eigenvalue weighted by Crippen LogP contribution is 2.46. The number of aliphatic hydroxyl groups is 1. The van der Waals surface area contributed by atoms with Crippen molar-refractivity contribution < 1.29 is 9.90 Å². The van der Waals surface area contributed by atoms with Crippen LogP contribution in [-0.4, -0.2) is 26.3 Å². The average Bonchev–Trinajstić information content (AvgIpc) is 3.66.